The monoisotopic (exact) mass is 395 g/mol. The normalized spacial score (nSPS) is 45.0. The molecule has 0 aromatic rings. The van der Waals surface area contributed by atoms with Crippen LogP contribution in [0.3, 0.4) is 0 Å². The van der Waals surface area contributed by atoms with Crippen LogP contribution in [-0.2, 0) is 18.9 Å². The zero-order chi connectivity index (χ0) is 20.2. The van der Waals surface area contributed by atoms with E-state index in [1.807, 2.05) is 6.07 Å². The molecule has 2 rings (SSSR count). The van der Waals surface area contributed by atoms with Crippen molar-refractivity contribution in [3.8, 4) is 6.07 Å². The van der Waals surface area contributed by atoms with E-state index in [2.05, 4.69) is 0 Å². The van der Waals surface area contributed by atoms with Gasteiger partial charge in [0.05, 0.1) is 32.3 Å². The second kappa shape index (κ2) is 9.50. The van der Waals surface area contributed by atoms with Crippen molar-refractivity contribution in [2.75, 3.05) is 26.4 Å². The molecule has 2 fully saturated rings. The Bertz CT molecular complexity index is 514. The smallest absolute Gasteiger partial charge is 0.224 e. The van der Waals surface area contributed by atoms with Crippen molar-refractivity contribution in [3.05, 3.63) is 0 Å². The Labute approximate surface area is 154 Å². The maximum absolute atomic E-state index is 10.4. The van der Waals surface area contributed by atoms with Crippen molar-refractivity contribution in [3.63, 3.8) is 0 Å². The molecule has 2 saturated heterocycles. The van der Waals surface area contributed by atoms with E-state index in [9.17, 15) is 35.7 Å². The van der Waals surface area contributed by atoms with Crippen LogP contribution in [0.2, 0.25) is 0 Å². The fourth-order valence-electron chi connectivity index (χ4n) is 2.95. The third kappa shape index (κ3) is 4.56. The van der Waals surface area contributed by atoms with Gasteiger partial charge in [0.15, 0.2) is 6.29 Å². The van der Waals surface area contributed by atoms with Gasteiger partial charge in [-0.05, 0) is 0 Å². The van der Waals surface area contributed by atoms with E-state index < -0.39 is 74.6 Å². The number of aliphatic hydroxyl groups is 7. The summed E-state index contributed by atoms with van der Waals surface area (Å²) in [7, 11) is 0. The number of hydrogen-bond acceptors (Lipinski definition) is 12. The molecule has 156 valence electrons. The number of aliphatic hydroxyl groups excluding tert-OH is 7. The van der Waals surface area contributed by atoms with Gasteiger partial charge in [-0.2, -0.15) is 5.26 Å². The molecule has 0 saturated carbocycles. The van der Waals surface area contributed by atoms with Crippen LogP contribution in [0.1, 0.15) is 6.42 Å². The average Bonchev–Trinajstić information content (AvgIpc) is 2.90. The van der Waals surface area contributed by atoms with Crippen LogP contribution in [0.15, 0.2) is 0 Å². The van der Waals surface area contributed by atoms with E-state index in [0.29, 0.717) is 0 Å². The molecular weight excluding hydrogens is 370 g/mol. The van der Waals surface area contributed by atoms with Gasteiger partial charge in [-0.25, -0.2) is 0 Å². The van der Waals surface area contributed by atoms with Crippen molar-refractivity contribution in [1.82, 2.24) is 0 Å². The minimum absolute atomic E-state index is 0.0260. The van der Waals surface area contributed by atoms with Crippen molar-refractivity contribution < 1.29 is 54.7 Å². The standard InChI is InChI=1S/C15H25NO11/c16-2-1-3-24-6-15(13(23)10(20)8(5-18)26-15)27-14-12(22)11(21)9(19)7(4-17)25-14/h7-14,17-23H,1,3-6H2/t7-,8-,9-,10-,11+,12-,13+,14-,15+/m1/s1. The van der Waals surface area contributed by atoms with Crippen LogP contribution in [0.5, 0.6) is 0 Å². The largest absolute Gasteiger partial charge is 0.394 e. The van der Waals surface area contributed by atoms with Gasteiger partial charge in [0, 0.05) is 0 Å². The number of hydrogen-bond donors (Lipinski definition) is 7. The Morgan fingerprint density at radius 1 is 0.926 bits per heavy atom. The lowest BCUT2D eigenvalue weighted by molar-refractivity contribution is -0.385. The summed E-state index contributed by atoms with van der Waals surface area (Å²) in [6.45, 7) is -1.90. The van der Waals surface area contributed by atoms with Crippen LogP contribution in [0, 0.1) is 11.3 Å². The number of rotatable bonds is 8. The van der Waals surface area contributed by atoms with E-state index in [1.165, 1.54) is 0 Å². The first-order chi connectivity index (χ1) is 12.8. The van der Waals surface area contributed by atoms with Gasteiger partial charge < -0.3 is 54.7 Å². The summed E-state index contributed by atoms with van der Waals surface area (Å²) in [5.74, 6) is -2.10. The molecule has 0 bridgehead atoms. The van der Waals surface area contributed by atoms with Crippen LogP contribution in [0.4, 0.5) is 0 Å². The van der Waals surface area contributed by atoms with E-state index in [-0.39, 0.29) is 13.0 Å². The van der Waals surface area contributed by atoms with Crippen molar-refractivity contribution >= 4 is 0 Å². The van der Waals surface area contributed by atoms with Gasteiger partial charge in [0.25, 0.3) is 0 Å². The second-order valence-corrected chi connectivity index (χ2v) is 6.36. The first-order valence-corrected chi connectivity index (χ1v) is 8.39. The first kappa shape index (κ1) is 22.3. The molecular formula is C15H25NO11. The second-order valence-electron chi connectivity index (χ2n) is 6.36. The van der Waals surface area contributed by atoms with E-state index >= 15 is 0 Å². The fourth-order valence-corrected chi connectivity index (χ4v) is 2.95. The molecule has 0 unspecified atom stereocenters. The van der Waals surface area contributed by atoms with E-state index in [4.69, 9.17) is 24.2 Å². The molecule has 0 aromatic heterocycles. The molecule has 0 radical (unpaired) electrons. The predicted octanol–water partition coefficient (Wildman–Crippen LogP) is -4.46. The Balaban J connectivity index is 2.20. The molecule has 12 heteroatoms. The number of nitrogens with zero attached hydrogens (tertiary/aromatic N) is 1. The molecule has 2 heterocycles. The molecule has 0 amide bonds. The number of nitriles is 1. The van der Waals surface area contributed by atoms with Crippen LogP contribution in [-0.4, -0.2) is 117 Å². The molecule has 0 aliphatic carbocycles. The zero-order valence-corrected chi connectivity index (χ0v) is 14.4. The molecule has 2 aliphatic rings. The summed E-state index contributed by atoms with van der Waals surface area (Å²) in [5, 5.41) is 77.3. The highest BCUT2D eigenvalue weighted by Crippen LogP contribution is 2.36. The van der Waals surface area contributed by atoms with Crippen LogP contribution >= 0.6 is 0 Å². The zero-order valence-electron chi connectivity index (χ0n) is 14.4. The molecule has 12 nitrogen and oxygen atoms in total. The van der Waals surface area contributed by atoms with Gasteiger partial charge in [-0.1, -0.05) is 0 Å². The highest BCUT2D eigenvalue weighted by Gasteiger charge is 2.58. The van der Waals surface area contributed by atoms with E-state index in [1.54, 1.807) is 0 Å². The topological polar surface area (TPSA) is 202 Å². The highest BCUT2D eigenvalue weighted by molar-refractivity contribution is 4.98. The third-order valence-corrected chi connectivity index (χ3v) is 4.51. The molecule has 9 atom stereocenters. The number of ether oxygens (including phenoxy) is 4. The third-order valence-electron chi connectivity index (χ3n) is 4.51. The molecule has 27 heavy (non-hydrogen) atoms. The predicted molar refractivity (Wildman–Crippen MR) is 82.6 cm³/mol. The lowest BCUT2D eigenvalue weighted by Crippen LogP contribution is -2.62. The summed E-state index contributed by atoms with van der Waals surface area (Å²) < 4.78 is 21.3. The van der Waals surface area contributed by atoms with Crippen LogP contribution < -0.4 is 0 Å². The Morgan fingerprint density at radius 2 is 1.59 bits per heavy atom. The Morgan fingerprint density at radius 3 is 2.15 bits per heavy atom. The fraction of sp³-hybridized carbons (Fsp3) is 0.933. The average molecular weight is 395 g/mol. The van der Waals surface area contributed by atoms with Gasteiger partial charge in [0.1, 0.15) is 49.3 Å². The van der Waals surface area contributed by atoms with Crippen LogP contribution in [0.25, 0.3) is 0 Å². The summed E-state index contributed by atoms with van der Waals surface area (Å²) in [5.41, 5.74) is 0. The SMILES string of the molecule is N#CCCOC[C@@]1(O[C@H]2O[C@H](CO)[C@@H](O)[C@H](O)[C@H]2O)O[C@H](CO)[C@@H](O)[C@@H]1O. The summed E-state index contributed by atoms with van der Waals surface area (Å²) >= 11 is 0. The van der Waals surface area contributed by atoms with Crippen molar-refractivity contribution in [2.24, 2.45) is 0 Å². The van der Waals surface area contributed by atoms with Crippen molar-refractivity contribution in [1.29, 1.82) is 5.26 Å². The Hall–Kier alpha value is -0.950. The summed E-state index contributed by atoms with van der Waals surface area (Å²) in [6.07, 6.45) is -12.5. The molecule has 7 N–H and O–H groups in total. The Kier molecular flexibility index (Phi) is 7.86. The lowest BCUT2D eigenvalue weighted by atomic mass is 9.99. The van der Waals surface area contributed by atoms with E-state index in [0.717, 1.165) is 0 Å². The molecule has 2 aliphatic heterocycles. The quantitative estimate of drug-likeness (QED) is 0.195. The maximum atomic E-state index is 10.4. The molecule has 0 aromatic carbocycles. The first-order valence-electron chi connectivity index (χ1n) is 8.39. The summed E-state index contributed by atoms with van der Waals surface area (Å²) in [4.78, 5) is 0. The van der Waals surface area contributed by atoms with Gasteiger partial charge in [-0.3, -0.25) is 0 Å². The van der Waals surface area contributed by atoms with Crippen molar-refractivity contribution in [2.45, 2.75) is 61.2 Å². The van der Waals surface area contributed by atoms with Gasteiger partial charge in [-0.15, -0.1) is 0 Å². The minimum atomic E-state index is -2.10. The lowest BCUT2D eigenvalue weighted by Gasteiger charge is -2.43. The molecule has 0 spiro atoms. The minimum Gasteiger partial charge on any atom is -0.394 e. The summed E-state index contributed by atoms with van der Waals surface area (Å²) in [6, 6.07) is 1.85. The van der Waals surface area contributed by atoms with Gasteiger partial charge in [0.2, 0.25) is 5.79 Å². The highest BCUT2D eigenvalue weighted by atomic mass is 16.8. The van der Waals surface area contributed by atoms with Gasteiger partial charge >= 0.3 is 0 Å². The maximum Gasteiger partial charge on any atom is 0.224 e.